The van der Waals surface area contributed by atoms with Gasteiger partial charge in [-0.05, 0) is 49.3 Å². The zero-order chi connectivity index (χ0) is 15.2. The lowest BCUT2D eigenvalue weighted by Gasteiger charge is -2.23. The van der Waals surface area contributed by atoms with Gasteiger partial charge in [-0.25, -0.2) is 17.9 Å². The first kappa shape index (κ1) is 14.5. The van der Waals surface area contributed by atoms with E-state index in [4.69, 9.17) is 5.14 Å². The fourth-order valence-corrected chi connectivity index (χ4v) is 4.10. The second-order valence-electron chi connectivity index (χ2n) is 5.98. The van der Waals surface area contributed by atoms with E-state index in [0.29, 0.717) is 11.8 Å². The van der Waals surface area contributed by atoms with Gasteiger partial charge in [0.2, 0.25) is 10.0 Å². The number of rotatable bonds is 3. The van der Waals surface area contributed by atoms with Gasteiger partial charge in [0.15, 0.2) is 0 Å². The minimum Gasteiger partial charge on any atom is -0.349 e. The molecule has 1 aromatic rings. The Morgan fingerprint density at radius 3 is 2.57 bits per heavy atom. The molecule has 2 bridgehead atoms. The third-order valence-corrected chi connectivity index (χ3v) is 5.41. The van der Waals surface area contributed by atoms with Crippen LogP contribution in [-0.4, -0.2) is 20.4 Å². The fourth-order valence-electron chi connectivity index (χ4n) is 3.53. The summed E-state index contributed by atoms with van der Waals surface area (Å²) in [6.45, 7) is 0. The number of nitrogens with one attached hydrogen (secondary N) is 1. The number of sulfonamides is 1. The molecule has 21 heavy (non-hydrogen) atoms. The predicted molar refractivity (Wildman–Crippen MR) is 74.5 cm³/mol. The molecule has 3 unspecified atom stereocenters. The Bertz CT molecular complexity index is 689. The molecule has 2 aliphatic rings. The molecule has 7 heteroatoms. The van der Waals surface area contributed by atoms with Crippen LogP contribution in [0.3, 0.4) is 0 Å². The first-order chi connectivity index (χ1) is 9.83. The molecule has 114 valence electrons. The van der Waals surface area contributed by atoms with Crippen LogP contribution in [0.4, 0.5) is 4.39 Å². The van der Waals surface area contributed by atoms with Gasteiger partial charge in [0, 0.05) is 11.6 Å². The highest BCUT2D eigenvalue weighted by Crippen LogP contribution is 2.44. The Hall–Kier alpha value is -1.47. The first-order valence-electron chi connectivity index (χ1n) is 6.97. The topological polar surface area (TPSA) is 89.3 Å². The van der Waals surface area contributed by atoms with Gasteiger partial charge in [0.05, 0.1) is 4.90 Å². The molecule has 1 amide bonds. The van der Waals surface area contributed by atoms with Crippen molar-refractivity contribution in [3.05, 3.63) is 29.6 Å². The second kappa shape index (κ2) is 5.06. The van der Waals surface area contributed by atoms with E-state index < -0.39 is 21.7 Å². The molecule has 2 fully saturated rings. The second-order valence-corrected chi connectivity index (χ2v) is 7.54. The van der Waals surface area contributed by atoms with Crippen LogP contribution >= 0.6 is 0 Å². The summed E-state index contributed by atoms with van der Waals surface area (Å²) in [6, 6.07) is 3.05. The highest BCUT2D eigenvalue weighted by Gasteiger charge is 2.40. The fraction of sp³-hybridized carbons (Fsp3) is 0.500. The van der Waals surface area contributed by atoms with Crippen molar-refractivity contribution in [3.63, 3.8) is 0 Å². The van der Waals surface area contributed by atoms with Crippen LogP contribution in [0.15, 0.2) is 23.1 Å². The number of hydrogen-bond acceptors (Lipinski definition) is 3. The smallest absolute Gasteiger partial charge is 0.251 e. The van der Waals surface area contributed by atoms with Crippen LogP contribution in [0.5, 0.6) is 0 Å². The summed E-state index contributed by atoms with van der Waals surface area (Å²) < 4.78 is 36.1. The average Bonchev–Trinajstić information content (AvgIpc) is 2.99. The molecule has 0 saturated heterocycles. The van der Waals surface area contributed by atoms with Crippen molar-refractivity contribution in [3.8, 4) is 0 Å². The summed E-state index contributed by atoms with van der Waals surface area (Å²) >= 11 is 0. The van der Waals surface area contributed by atoms with E-state index >= 15 is 0 Å². The maximum Gasteiger partial charge on any atom is 0.251 e. The van der Waals surface area contributed by atoms with Gasteiger partial charge < -0.3 is 5.32 Å². The maximum absolute atomic E-state index is 13.5. The molecule has 3 rings (SSSR count). The van der Waals surface area contributed by atoms with Crippen molar-refractivity contribution in [2.75, 3.05) is 0 Å². The van der Waals surface area contributed by atoms with Gasteiger partial charge >= 0.3 is 0 Å². The Balaban J connectivity index is 1.80. The molecule has 2 saturated carbocycles. The maximum atomic E-state index is 13.5. The number of primary sulfonamides is 1. The molecular formula is C14H17FN2O3S. The molecule has 0 aromatic heterocycles. The quantitative estimate of drug-likeness (QED) is 0.884. The molecule has 3 atom stereocenters. The van der Waals surface area contributed by atoms with E-state index in [9.17, 15) is 17.6 Å². The minimum atomic E-state index is -4.04. The van der Waals surface area contributed by atoms with Gasteiger partial charge in [-0.3, -0.25) is 4.79 Å². The lowest BCUT2D eigenvalue weighted by atomic mass is 9.95. The molecular weight excluding hydrogens is 295 g/mol. The highest BCUT2D eigenvalue weighted by molar-refractivity contribution is 7.89. The van der Waals surface area contributed by atoms with Gasteiger partial charge in [-0.1, -0.05) is 6.42 Å². The lowest BCUT2D eigenvalue weighted by molar-refractivity contribution is 0.0922. The third-order valence-electron chi connectivity index (χ3n) is 4.52. The van der Waals surface area contributed by atoms with Crippen molar-refractivity contribution in [2.24, 2.45) is 17.0 Å². The van der Waals surface area contributed by atoms with Gasteiger partial charge in [-0.2, -0.15) is 0 Å². The number of halogens is 1. The summed E-state index contributed by atoms with van der Waals surface area (Å²) in [4.78, 5) is 11.8. The molecule has 0 radical (unpaired) electrons. The lowest BCUT2D eigenvalue weighted by Crippen LogP contribution is -2.38. The first-order valence-corrected chi connectivity index (χ1v) is 8.52. The van der Waals surface area contributed by atoms with Crippen LogP contribution in [0, 0.1) is 17.7 Å². The Morgan fingerprint density at radius 2 is 2.00 bits per heavy atom. The summed E-state index contributed by atoms with van der Waals surface area (Å²) in [5.41, 5.74) is -0.0122. The van der Waals surface area contributed by atoms with Crippen molar-refractivity contribution in [1.29, 1.82) is 0 Å². The predicted octanol–water partition coefficient (Wildman–Crippen LogP) is 1.39. The molecule has 0 spiro atoms. The van der Waals surface area contributed by atoms with Gasteiger partial charge in [0.1, 0.15) is 5.82 Å². The molecule has 2 aliphatic carbocycles. The van der Waals surface area contributed by atoms with E-state index in [-0.39, 0.29) is 16.5 Å². The summed E-state index contributed by atoms with van der Waals surface area (Å²) in [5, 5.41) is 7.87. The average molecular weight is 312 g/mol. The van der Waals surface area contributed by atoms with Crippen LogP contribution in [0.25, 0.3) is 0 Å². The normalized spacial score (nSPS) is 27.8. The Morgan fingerprint density at radius 1 is 1.24 bits per heavy atom. The van der Waals surface area contributed by atoms with E-state index in [1.807, 2.05) is 0 Å². The van der Waals surface area contributed by atoms with Crippen LogP contribution in [0.2, 0.25) is 0 Å². The SMILES string of the molecule is NS(=O)(=O)c1cc(F)cc(C(=O)NC2CC3CCC2C3)c1. The number of benzene rings is 1. The number of carbonyl (C=O) groups is 1. The van der Waals surface area contributed by atoms with Gasteiger partial charge in [-0.15, -0.1) is 0 Å². The largest absolute Gasteiger partial charge is 0.349 e. The van der Waals surface area contributed by atoms with E-state index in [1.165, 1.54) is 6.42 Å². The van der Waals surface area contributed by atoms with Crippen molar-refractivity contribution < 1.29 is 17.6 Å². The summed E-state index contributed by atoms with van der Waals surface area (Å²) in [5.74, 6) is -0.0745. The standard InChI is InChI=1S/C14H17FN2O3S/c15-11-5-10(6-12(7-11)21(16,19)20)14(18)17-13-4-8-1-2-9(13)3-8/h5-9,13H,1-4H2,(H,17,18)(H2,16,19,20). The third kappa shape index (κ3) is 2.94. The molecule has 0 aliphatic heterocycles. The van der Waals surface area contributed by atoms with E-state index in [2.05, 4.69) is 5.32 Å². The zero-order valence-corrected chi connectivity index (χ0v) is 12.2. The molecule has 1 aromatic carbocycles. The Kier molecular flexibility index (Phi) is 3.49. The van der Waals surface area contributed by atoms with Gasteiger partial charge in [0.25, 0.3) is 5.91 Å². The summed E-state index contributed by atoms with van der Waals surface area (Å²) in [6.07, 6.45) is 4.41. The van der Waals surface area contributed by atoms with Crippen molar-refractivity contribution in [2.45, 2.75) is 36.6 Å². The van der Waals surface area contributed by atoms with E-state index in [0.717, 1.165) is 37.5 Å². The number of nitrogens with two attached hydrogens (primary N) is 1. The number of fused-ring (bicyclic) bond motifs is 2. The van der Waals surface area contributed by atoms with Crippen LogP contribution < -0.4 is 10.5 Å². The van der Waals surface area contributed by atoms with Crippen LogP contribution in [0.1, 0.15) is 36.0 Å². The van der Waals surface area contributed by atoms with Crippen molar-refractivity contribution >= 4 is 15.9 Å². The number of amides is 1. The Labute approximate surface area is 122 Å². The summed E-state index contributed by atoms with van der Waals surface area (Å²) in [7, 11) is -4.04. The number of carbonyl (C=O) groups excluding carboxylic acids is 1. The number of hydrogen-bond donors (Lipinski definition) is 2. The molecule has 5 nitrogen and oxygen atoms in total. The van der Waals surface area contributed by atoms with Crippen LogP contribution in [-0.2, 0) is 10.0 Å². The van der Waals surface area contributed by atoms with E-state index in [1.54, 1.807) is 0 Å². The minimum absolute atomic E-state index is 0.0122. The zero-order valence-electron chi connectivity index (χ0n) is 11.4. The highest BCUT2D eigenvalue weighted by atomic mass is 32.2. The van der Waals surface area contributed by atoms with Crippen molar-refractivity contribution in [1.82, 2.24) is 5.32 Å². The molecule has 3 N–H and O–H groups in total. The molecule has 0 heterocycles. The monoisotopic (exact) mass is 312 g/mol.